The number of amides is 1. The molecule has 0 atom stereocenters. The van der Waals surface area contributed by atoms with Gasteiger partial charge in [-0.15, -0.1) is 0 Å². The van der Waals surface area contributed by atoms with E-state index in [-0.39, 0.29) is 11.8 Å². The fraction of sp³-hybridized carbons (Fsp3) is 0.538. The van der Waals surface area contributed by atoms with Gasteiger partial charge in [0.1, 0.15) is 5.15 Å². The Balaban J connectivity index is 1.89. The van der Waals surface area contributed by atoms with Gasteiger partial charge in [-0.25, -0.2) is 4.98 Å². The van der Waals surface area contributed by atoms with Gasteiger partial charge < -0.3 is 11.1 Å². The highest BCUT2D eigenvalue weighted by molar-refractivity contribution is 6.29. The quantitative estimate of drug-likeness (QED) is 0.827. The summed E-state index contributed by atoms with van der Waals surface area (Å²) in [6.45, 7) is 0.730. The Bertz CT molecular complexity index is 416. The van der Waals surface area contributed by atoms with Crippen molar-refractivity contribution in [2.24, 2.45) is 17.6 Å². The van der Waals surface area contributed by atoms with Crippen LogP contribution in [0.5, 0.6) is 0 Å². The predicted molar refractivity (Wildman–Crippen MR) is 72.4 cm³/mol. The molecule has 1 aromatic heterocycles. The summed E-state index contributed by atoms with van der Waals surface area (Å²) < 4.78 is 0. The van der Waals surface area contributed by atoms with Gasteiger partial charge in [-0.3, -0.25) is 4.79 Å². The number of anilines is 1. The predicted octanol–water partition coefficient (Wildman–Crippen LogP) is 2.44. The van der Waals surface area contributed by atoms with E-state index in [1.807, 2.05) is 0 Å². The monoisotopic (exact) mass is 267 g/mol. The lowest BCUT2D eigenvalue weighted by atomic mass is 9.81. The van der Waals surface area contributed by atoms with E-state index in [0.717, 1.165) is 32.2 Å². The lowest BCUT2D eigenvalue weighted by Crippen LogP contribution is -2.29. The highest BCUT2D eigenvalue weighted by atomic mass is 35.5. The first-order valence-electron chi connectivity index (χ1n) is 6.31. The van der Waals surface area contributed by atoms with Gasteiger partial charge in [0, 0.05) is 17.8 Å². The van der Waals surface area contributed by atoms with E-state index < -0.39 is 0 Å². The Morgan fingerprint density at radius 3 is 2.78 bits per heavy atom. The van der Waals surface area contributed by atoms with Gasteiger partial charge in [-0.2, -0.15) is 0 Å². The average molecular weight is 268 g/mol. The van der Waals surface area contributed by atoms with Gasteiger partial charge in [-0.05, 0) is 50.3 Å². The second kappa shape index (κ2) is 6.16. The number of aromatic nitrogens is 1. The summed E-state index contributed by atoms with van der Waals surface area (Å²) in [5.74, 6) is 0.761. The zero-order chi connectivity index (χ0) is 13.0. The van der Waals surface area contributed by atoms with Crippen molar-refractivity contribution < 1.29 is 4.79 Å². The summed E-state index contributed by atoms with van der Waals surface area (Å²) in [6.07, 6.45) is 5.53. The fourth-order valence-electron chi connectivity index (χ4n) is 2.38. The number of nitrogens with one attached hydrogen (secondary N) is 1. The molecule has 0 radical (unpaired) electrons. The summed E-state index contributed by atoms with van der Waals surface area (Å²) in [4.78, 5) is 15.9. The molecule has 0 saturated heterocycles. The molecular formula is C13H18ClN3O. The number of carbonyl (C=O) groups is 1. The molecule has 98 valence electrons. The molecule has 1 aliphatic rings. The molecule has 1 saturated carbocycles. The van der Waals surface area contributed by atoms with Crippen molar-refractivity contribution in [1.29, 1.82) is 0 Å². The van der Waals surface area contributed by atoms with Gasteiger partial charge in [-0.1, -0.05) is 11.6 Å². The highest BCUT2D eigenvalue weighted by Gasteiger charge is 2.25. The number of hydrogen-bond acceptors (Lipinski definition) is 3. The van der Waals surface area contributed by atoms with Crippen molar-refractivity contribution in [3.05, 3.63) is 23.5 Å². The zero-order valence-corrected chi connectivity index (χ0v) is 11.0. The van der Waals surface area contributed by atoms with Crippen molar-refractivity contribution in [2.75, 3.05) is 11.9 Å². The van der Waals surface area contributed by atoms with Crippen LogP contribution in [-0.2, 0) is 4.79 Å². The zero-order valence-electron chi connectivity index (χ0n) is 10.2. The highest BCUT2D eigenvalue weighted by Crippen LogP contribution is 2.29. The van der Waals surface area contributed by atoms with E-state index >= 15 is 0 Å². The van der Waals surface area contributed by atoms with Gasteiger partial charge in [0.25, 0.3) is 0 Å². The van der Waals surface area contributed by atoms with E-state index in [1.54, 1.807) is 18.3 Å². The minimum Gasteiger partial charge on any atom is -0.330 e. The van der Waals surface area contributed by atoms with E-state index in [1.165, 1.54) is 0 Å². The topological polar surface area (TPSA) is 68.0 Å². The fourth-order valence-corrected chi connectivity index (χ4v) is 2.56. The molecule has 1 heterocycles. The Morgan fingerprint density at radius 1 is 1.44 bits per heavy atom. The summed E-state index contributed by atoms with van der Waals surface area (Å²) >= 11 is 5.78. The van der Waals surface area contributed by atoms with E-state index in [0.29, 0.717) is 16.8 Å². The second-order valence-corrected chi connectivity index (χ2v) is 5.20. The third-order valence-electron chi connectivity index (χ3n) is 3.54. The van der Waals surface area contributed by atoms with Crippen LogP contribution in [0.2, 0.25) is 5.15 Å². The van der Waals surface area contributed by atoms with Gasteiger partial charge >= 0.3 is 0 Å². The molecule has 0 aliphatic heterocycles. The third-order valence-corrected chi connectivity index (χ3v) is 3.75. The van der Waals surface area contributed by atoms with Crippen molar-refractivity contribution in [3.63, 3.8) is 0 Å². The molecule has 2 rings (SSSR count). The van der Waals surface area contributed by atoms with Crippen LogP contribution in [0.25, 0.3) is 0 Å². The molecule has 0 bridgehead atoms. The largest absolute Gasteiger partial charge is 0.330 e. The van der Waals surface area contributed by atoms with Crippen LogP contribution in [-0.4, -0.2) is 17.4 Å². The molecule has 1 aliphatic carbocycles. The van der Waals surface area contributed by atoms with Crippen molar-refractivity contribution in [1.82, 2.24) is 4.98 Å². The first kappa shape index (κ1) is 13.3. The lowest BCUT2D eigenvalue weighted by Gasteiger charge is -2.26. The van der Waals surface area contributed by atoms with Gasteiger partial charge in [0.15, 0.2) is 0 Å². The normalized spacial score (nSPS) is 23.7. The number of nitrogens with zero attached hydrogens (tertiary/aromatic N) is 1. The Morgan fingerprint density at radius 2 is 2.17 bits per heavy atom. The Hall–Kier alpha value is -1.13. The number of hydrogen-bond donors (Lipinski definition) is 2. The molecule has 5 heteroatoms. The Kier molecular flexibility index (Phi) is 4.55. The smallest absolute Gasteiger partial charge is 0.227 e. The number of nitrogens with two attached hydrogens (primary N) is 1. The van der Waals surface area contributed by atoms with E-state index in [2.05, 4.69) is 10.3 Å². The van der Waals surface area contributed by atoms with Crippen LogP contribution in [0.3, 0.4) is 0 Å². The van der Waals surface area contributed by atoms with Crippen LogP contribution in [0.4, 0.5) is 5.69 Å². The van der Waals surface area contributed by atoms with Gasteiger partial charge in [0.05, 0.1) is 0 Å². The lowest BCUT2D eigenvalue weighted by molar-refractivity contribution is -0.121. The maximum absolute atomic E-state index is 12.1. The third kappa shape index (κ3) is 3.43. The molecule has 18 heavy (non-hydrogen) atoms. The first-order chi connectivity index (χ1) is 8.69. The molecule has 0 unspecified atom stereocenters. The minimum absolute atomic E-state index is 0.0766. The van der Waals surface area contributed by atoms with Crippen molar-refractivity contribution >= 4 is 23.2 Å². The summed E-state index contributed by atoms with van der Waals surface area (Å²) in [5, 5.41) is 3.28. The van der Waals surface area contributed by atoms with Gasteiger partial charge in [0.2, 0.25) is 5.91 Å². The SMILES string of the molecule is NCC1CCC(C(=O)Nc2ccnc(Cl)c2)CC1. The maximum atomic E-state index is 12.1. The summed E-state index contributed by atoms with van der Waals surface area (Å²) in [5.41, 5.74) is 6.35. The first-order valence-corrected chi connectivity index (χ1v) is 6.69. The number of halogens is 1. The van der Waals surface area contributed by atoms with E-state index in [4.69, 9.17) is 17.3 Å². The second-order valence-electron chi connectivity index (χ2n) is 4.81. The van der Waals surface area contributed by atoms with Crippen LogP contribution in [0.15, 0.2) is 18.3 Å². The molecule has 4 nitrogen and oxygen atoms in total. The van der Waals surface area contributed by atoms with Crippen LogP contribution in [0, 0.1) is 11.8 Å². The maximum Gasteiger partial charge on any atom is 0.227 e. The van der Waals surface area contributed by atoms with E-state index in [9.17, 15) is 4.79 Å². The molecule has 1 amide bonds. The standard InChI is InChI=1S/C13H18ClN3O/c14-12-7-11(5-6-16-12)17-13(18)10-3-1-9(8-15)2-4-10/h5-7,9-10H,1-4,8,15H2,(H,16,17,18). The molecule has 3 N–H and O–H groups in total. The number of rotatable bonds is 3. The number of pyridine rings is 1. The molecule has 1 aromatic rings. The Labute approximate surface area is 112 Å². The number of carbonyl (C=O) groups excluding carboxylic acids is 1. The van der Waals surface area contributed by atoms with Crippen molar-refractivity contribution in [2.45, 2.75) is 25.7 Å². The molecule has 1 fully saturated rings. The van der Waals surface area contributed by atoms with Crippen molar-refractivity contribution in [3.8, 4) is 0 Å². The molecular weight excluding hydrogens is 250 g/mol. The molecule has 0 aromatic carbocycles. The summed E-state index contributed by atoms with van der Waals surface area (Å²) in [7, 11) is 0. The summed E-state index contributed by atoms with van der Waals surface area (Å²) in [6, 6.07) is 3.40. The molecule has 0 spiro atoms. The van der Waals surface area contributed by atoms with Crippen LogP contribution in [0.1, 0.15) is 25.7 Å². The van der Waals surface area contributed by atoms with Crippen LogP contribution < -0.4 is 11.1 Å². The average Bonchev–Trinajstić information content (AvgIpc) is 2.39. The minimum atomic E-state index is 0.0766. The van der Waals surface area contributed by atoms with Crippen LogP contribution >= 0.6 is 11.6 Å².